The molecule has 122 valence electrons. The summed E-state index contributed by atoms with van der Waals surface area (Å²) in [5.41, 5.74) is 3.33. The van der Waals surface area contributed by atoms with Crippen LogP contribution in [0.15, 0.2) is 5.38 Å². The molecule has 1 fully saturated rings. The largest absolute Gasteiger partial charge is 0.339 e. The maximum atomic E-state index is 12.9. The Morgan fingerprint density at radius 2 is 2.22 bits per heavy atom. The fourth-order valence-electron chi connectivity index (χ4n) is 3.63. The number of fused-ring (bicyclic) bond motifs is 1. The van der Waals surface area contributed by atoms with Gasteiger partial charge in [-0.15, -0.1) is 11.3 Å². The van der Waals surface area contributed by atoms with Crippen LogP contribution in [0.1, 0.15) is 58.1 Å². The van der Waals surface area contributed by atoms with Gasteiger partial charge in [-0.2, -0.15) is 5.10 Å². The smallest absolute Gasteiger partial charge is 0.272 e. The van der Waals surface area contributed by atoms with Crippen LogP contribution in [0.25, 0.3) is 0 Å². The molecule has 0 saturated heterocycles. The van der Waals surface area contributed by atoms with Gasteiger partial charge in [-0.25, -0.2) is 4.98 Å². The molecule has 2 aliphatic rings. The first-order valence-corrected chi connectivity index (χ1v) is 9.08. The molecule has 0 spiro atoms. The van der Waals surface area contributed by atoms with Crippen molar-refractivity contribution in [2.45, 2.75) is 51.1 Å². The lowest BCUT2D eigenvalue weighted by molar-refractivity contribution is 0.0891. The highest BCUT2D eigenvalue weighted by Crippen LogP contribution is 2.40. The van der Waals surface area contributed by atoms with Gasteiger partial charge in [0.1, 0.15) is 5.01 Å². The van der Waals surface area contributed by atoms with Gasteiger partial charge in [-0.3, -0.25) is 9.89 Å². The molecule has 7 heteroatoms. The van der Waals surface area contributed by atoms with Gasteiger partial charge in [0.15, 0.2) is 5.69 Å². The topological polar surface area (TPSA) is 82.7 Å². The van der Waals surface area contributed by atoms with E-state index in [2.05, 4.69) is 31.2 Å². The summed E-state index contributed by atoms with van der Waals surface area (Å²) >= 11 is 1.65. The van der Waals surface area contributed by atoms with Crippen molar-refractivity contribution in [1.82, 2.24) is 25.8 Å². The van der Waals surface area contributed by atoms with Crippen molar-refractivity contribution in [3.63, 3.8) is 0 Å². The van der Waals surface area contributed by atoms with Crippen LogP contribution in [0.3, 0.4) is 0 Å². The molecular formula is C16H21N5OS. The maximum absolute atomic E-state index is 12.9. The second kappa shape index (κ2) is 5.72. The Balaban J connectivity index is 1.62. The van der Waals surface area contributed by atoms with Crippen LogP contribution in [0.2, 0.25) is 0 Å². The van der Waals surface area contributed by atoms with Crippen LogP contribution in [0.4, 0.5) is 0 Å². The summed E-state index contributed by atoms with van der Waals surface area (Å²) in [6.45, 7) is 3.64. The fraction of sp³-hybridized carbons (Fsp3) is 0.562. The number of nitrogens with one attached hydrogen (secondary N) is 3. The molecule has 3 heterocycles. The number of aromatic nitrogens is 3. The molecule has 0 unspecified atom stereocenters. The maximum Gasteiger partial charge on any atom is 0.272 e. The molecule has 23 heavy (non-hydrogen) atoms. The fourth-order valence-corrected chi connectivity index (χ4v) is 4.65. The molecule has 0 aromatic carbocycles. The van der Waals surface area contributed by atoms with Gasteiger partial charge < -0.3 is 10.6 Å². The van der Waals surface area contributed by atoms with Gasteiger partial charge in [0, 0.05) is 41.8 Å². The molecule has 0 atom stereocenters. The molecule has 0 bridgehead atoms. The number of nitrogens with zero attached hydrogens (tertiary/aromatic N) is 2. The Kier molecular flexibility index (Phi) is 3.69. The van der Waals surface area contributed by atoms with E-state index in [0.717, 1.165) is 60.6 Å². The van der Waals surface area contributed by atoms with Crippen molar-refractivity contribution in [3.05, 3.63) is 33.0 Å². The molecule has 6 nitrogen and oxygen atoms in total. The number of carbonyl (C=O) groups is 1. The third kappa shape index (κ3) is 2.57. The van der Waals surface area contributed by atoms with Crippen molar-refractivity contribution in [2.75, 3.05) is 6.54 Å². The minimum absolute atomic E-state index is 0.0825. The standard InChI is InChI=1S/C16H21N5OS/c1-10-9-23-15(18-10)16(5-2-3-6-16)19-14(22)13-11-8-17-7-4-12(11)20-21-13/h9,17H,2-8H2,1H3,(H,19,22)(H,20,21). The van der Waals surface area contributed by atoms with E-state index in [-0.39, 0.29) is 11.4 Å². The van der Waals surface area contributed by atoms with Crippen LogP contribution in [-0.4, -0.2) is 27.6 Å². The molecule has 2 aromatic heterocycles. The Labute approximate surface area is 139 Å². The van der Waals surface area contributed by atoms with Crippen molar-refractivity contribution in [2.24, 2.45) is 0 Å². The summed E-state index contributed by atoms with van der Waals surface area (Å²) in [5, 5.41) is 17.0. The van der Waals surface area contributed by atoms with E-state index in [1.54, 1.807) is 11.3 Å². The number of hydrogen-bond acceptors (Lipinski definition) is 5. The normalized spacial score (nSPS) is 19.5. The quantitative estimate of drug-likeness (QED) is 0.803. The van der Waals surface area contributed by atoms with Crippen molar-refractivity contribution >= 4 is 17.2 Å². The van der Waals surface area contributed by atoms with E-state index in [1.807, 2.05) is 6.92 Å². The summed E-state index contributed by atoms with van der Waals surface area (Å²) < 4.78 is 0. The zero-order valence-electron chi connectivity index (χ0n) is 13.2. The summed E-state index contributed by atoms with van der Waals surface area (Å²) in [4.78, 5) is 17.5. The lowest BCUT2D eigenvalue weighted by Crippen LogP contribution is -2.44. The lowest BCUT2D eigenvalue weighted by Gasteiger charge is -2.28. The summed E-state index contributed by atoms with van der Waals surface area (Å²) in [6.07, 6.45) is 5.05. The Hall–Kier alpha value is -1.73. The summed E-state index contributed by atoms with van der Waals surface area (Å²) in [5.74, 6) is -0.0825. The van der Waals surface area contributed by atoms with Gasteiger partial charge in [-0.05, 0) is 19.8 Å². The van der Waals surface area contributed by atoms with Gasteiger partial charge in [0.05, 0.1) is 5.54 Å². The molecule has 1 saturated carbocycles. The highest BCUT2D eigenvalue weighted by atomic mass is 32.1. The molecule has 2 aromatic rings. The molecule has 0 radical (unpaired) electrons. The van der Waals surface area contributed by atoms with E-state index in [0.29, 0.717) is 12.2 Å². The van der Waals surface area contributed by atoms with Crippen molar-refractivity contribution in [3.8, 4) is 0 Å². The zero-order valence-corrected chi connectivity index (χ0v) is 14.1. The second-order valence-electron chi connectivity index (χ2n) is 6.49. The number of aromatic amines is 1. The zero-order chi connectivity index (χ0) is 15.9. The first-order chi connectivity index (χ1) is 11.2. The van der Waals surface area contributed by atoms with Gasteiger partial charge >= 0.3 is 0 Å². The number of hydrogen-bond donors (Lipinski definition) is 3. The Morgan fingerprint density at radius 1 is 1.39 bits per heavy atom. The average Bonchev–Trinajstić information content (AvgIpc) is 3.26. The van der Waals surface area contributed by atoms with Crippen LogP contribution < -0.4 is 10.6 Å². The summed E-state index contributed by atoms with van der Waals surface area (Å²) in [7, 11) is 0. The minimum atomic E-state index is -0.316. The highest BCUT2D eigenvalue weighted by Gasteiger charge is 2.40. The van der Waals surface area contributed by atoms with E-state index in [9.17, 15) is 4.79 Å². The number of amides is 1. The molecule has 1 amide bonds. The van der Waals surface area contributed by atoms with Crippen molar-refractivity contribution in [1.29, 1.82) is 0 Å². The molecular weight excluding hydrogens is 310 g/mol. The first-order valence-electron chi connectivity index (χ1n) is 8.20. The number of rotatable bonds is 3. The Bertz CT molecular complexity index is 729. The number of H-pyrrole nitrogens is 1. The van der Waals surface area contributed by atoms with Gasteiger partial charge in [0.25, 0.3) is 5.91 Å². The third-order valence-corrected chi connectivity index (χ3v) is 6.02. The predicted molar refractivity (Wildman–Crippen MR) is 88.5 cm³/mol. The number of aryl methyl sites for hydroxylation is 1. The SMILES string of the molecule is Cc1csc(C2(NC(=O)c3n[nH]c4c3CNCC4)CCCC2)n1. The minimum Gasteiger partial charge on any atom is -0.339 e. The van der Waals surface area contributed by atoms with E-state index in [4.69, 9.17) is 0 Å². The lowest BCUT2D eigenvalue weighted by atomic mass is 9.97. The monoisotopic (exact) mass is 331 g/mol. The average molecular weight is 331 g/mol. The van der Waals surface area contributed by atoms with Crippen LogP contribution in [0, 0.1) is 6.92 Å². The van der Waals surface area contributed by atoms with E-state index >= 15 is 0 Å². The van der Waals surface area contributed by atoms with Crippen LogP contribution >= 0.6 is 11.3 Å². The van der Waals surface area contributed by atoms with E-state index in [1.165, 1.54) is 0 Å². The van der Waals surface area contributed by atoms with Gasteiger partial charge in [0.2, 0.25) is 0 Å². The second-order valence-corrected chi connectivity index (χ2v) is 7.35. The predicted octanol–water partition coefficient (Wildman–Crippen LogP) is 2.02. The van der Waals surface area contributed by atoms with Crippen molar-refractivity contribution < 1.29 is 4.79 Å². The molecule has 3 N–H and O–H groups in total. The van der Waals surface area contributed by atoms with Gasteiger partial charge in [-0.1, -0.05) is 12.8 Å². The first kappa shape index (κ1) is 14.8. The highest BCUT2D eigenvalue weighted by molar-refractivity contribution is 7.09. The van der Waals surface area contributed by atoms with Crippen LogP contribution in [0.5, 0.6) is 0 Å². The van der Waals surface area contributed by atoms with E-state index < -0.39 is 0 Å². The van der Waals surface area contributed by atoms with Crippen LogP contribution in [-0.2, 0) is 18.5 Å². The molecule has 1 aliphatic carbocycles. The molecule has 1 aliphatic heterocycles. The molecule has 4 rings (SSSR count). The third-order valence-electron chi connectivity index (χ3n) is 4.86. The Morgan fingerprint density at radius 3 is 2.96 bits per heavy atom. The summed E-state index contributed by atoms with van der Waals surface area (Å²) in [6, 6.07) is 0. The number of carbonyl (C=O) groups excluding carboxylic acids is 1. The number of thiazole rings is 1.